The van der Waals surface area contributed by atoms with Gasteiger partial charge in [-0.05, 0) is 6.08 Å². The lowest BCUT2D eigenvalue weighted by Crippen LogP contribution is -2.18. The van der Waals surface area contributed by atoms with E-state index in [-0.39, 0.29) is 0 Å². The summed E-state index contributed by atoms with van der Waals surface area (Å²) in [6, 6.07) is 0. The third kappa shape index (κ3) is 1.28. The zero-order chi connectivity index (χ0) is 6.69. The largest absolute Gasteiger partial charge is 0.435 e. The van der Waals surface area contributed by atoms with Crippen molar-refractivity contribution in [1.82, 2.24) is 0 Å². The average molecular weight is 127 g/mol. The van der Waals surface area contributed by atoms with Crippen LogP contribution in [0.1, 0.15) is 0 Å². The van der Waals surface area contributed by atoms with Crippen LogP contribution in [-0.2, 0) is 4.74 Å². The second-order valence-corrected chi connectivity index (χ2v) is 1.53. The van der Waals surface area contributed by atoms with Crippen molar-refractivity contribution in [2.75, 3.05) is 0 Å². The number of nitrogens with zero attached hydrogens (tertiary/aromatic N) is 1. The summed E-state index contributed by atoms with van der Waals surface area (Å²) in [4.78, 5) is 9.45. The van der Waals surface area contributed by atoms with Gasteiger partial charge >= 0.3 is 6.23 Å². The molecule has 1 rings (SSSR count). The molecule has 0 N–H and O–H groups in total. The molecule has 0 radical (unpaired) electrons. The van der Waals surface area contributed by atoms with Crippen LogP contribution in [0.4, 0.5) is 0 Å². The molecule has 0 fully saturated rings. The standard InChI is InChI=1S/C5H5NO3/c7-6(8)5-3-1-2-4-9-5/h1-5H/t5-/m1/s1. The Bertz CT molecular complexity index is 173. The summed E-state index contributed by atoms with van der Waals surface area (Å²) in [5, 5.41) is 9.95. The van der Waals surface area contributed by atoms with Gasteiger partial charge in [0.05, 0.1) is 11.2 Å². The van der Waals surface area contributed by atoms with Crippen molar-refractivity contribution in [2.45, 2.75) is 6.23 Å². The number of nitro groups is 1. The predicted molar refractivity (Wildman–Crippen MR) is 30.1 cm³/mol. The van der Waals surface area contributed by atoms with E-state index in [4.69, 9.17) is 0 Å². The fourth-order valence-corrected chi connectivity index (χ4v) is 0.496. The van der Waals surface area contributed by atoms with Crippen molar-refractivity contribution in [3.05, 3.63) is 34.6 Å². The summed E-state index contributed by atoms with van der Waals surface area (Å²) in [6.07, 6.45) is 4.86. The third-order valence-electron chi connectivity index (χ3n) is 0.891. The zero-order valence-electron chi connectivity index (χ0n) is 4.56. The summed E-state index contributed by atoms with van der Waals surface area (Å²) in [5.74, 6) is 0. The Balaban J connectivity index is 2.56. The number of hydrogen-bond donors (Lipinski definition) is 0. The van der Waals surface area contributed by atoms with E-state index >= 15 is 0 Å². The van der Waals surface area contributed by atoms with Gasteiger partial charge in [-0.3, -0.25) is 10.1 Å². The van der Waals surface area contributed by atoms with E-state index < -0.39 is 11.2 Å². The van der Waals surface area contributed by atoms with Crippen LogP contribution in [-0.4, -0.2) is 11.2 Å². The summed E-state index contributed by atoms with van der Waals surface area (Å²) in [5.41, 5.74) is 0. The number of hydrogen-bond acceptors (Lipinski definition) is 3. The SMILES string of the molecule is O=[N+]([O-])[C@H]1C=CC=CO1. The lowest BCUT2D eigenvalue weighted by molar-refractivity contribution is -0.555. The Morgan fingerprint density at radius 1 is 1.56 bits per heavy atom. The van der Waals surface area contributed by atoms with Gasteiger partial charge in [-0.15, -0.1) is 0 Å². The van der Waals surface area contributed by atoms with E-state index in [0.29, 0.717) is 0 Å². The lowest BCUT2D eigenvalue weighted by Gasteiger charge is -2.04. The molecule has 0 amide bonds. The smallest absolute Gasteiger partial charge is 0.373 e. The highest BCUT2D eigenvalue weighted by Crippen LogP contribution is 2.01. The normalized spacial score (nSPS) is 23.3. The molecule has 0 aromatic heterocycles. The molecule has 0 aromatic rings. The minimum Gasteiger partial charge on any atom is -0.435 e. The highest BCUT2D eigenvalue weighted by atomic mass is 16.7. The molecule has 1 aliphatic rings. The van der Waals surface area contributed by atoms with Gasteiger partial charge in [0.2, 0.25) is 0 Å². The van der Waals surface area contributed by atoms with Crippen LogP contribution in [0.25, 0.3) is 0 Å². The second-order valence-electron chi connectivity index (χ2n) is 1.53. The quantitative estimate of drug-likeness (QED) is 0.384. The van der Waals surface area contributed by atoms with Gasteiger partial charge in [0.25, 0.3) is 0 Å². The van der Waals surface area contributed by atoms with Crippen LogP contribution < -0.4 is 0 Å². The fourth-order valence-electron chi connectivity index (χ4n) is 0.496. The van der Waals surface area contributed by atoms with Crippen molar-refractivity contribution >= 4 is 0 Å². The Morgan fingerprint density at radius 3 is 2.67 bits per heavy atom. The first-order valence-corrected chi connectivity index (χ1v) is 2.43. The van der Waals surface area contributed by atoms with Crippen molar-refractivity contribution in [3.63, 3.8) is 0 Å². The molecule has 1 aliphatic heterocycles. The van der Waals surface area contributed by atoms with Crippen molar-refractivity contribution in [3.8, 4) is 0 Å². The second kappa shape index (κ2) is 2.30. The van der Waals surface area contributed by atoms with E-state index in [1.165, 1.54) is 12.3 Å². The predicted octanol–water partition coefficient (Wildman–Crippen LogP) is 0.689. The summed E-state index contributed by atoms with van der Waals surface area (Å²) < 4.78 is 4.57. The zero-order valence-corrected chi connectivity index (χ0v) is 4.56. The van der Waals surface area contributed by atoms with Crippen molar-refractivity contribution in [1.29, 1.82) is 0 Å². The topological polar surface area (TPSA) is 52.4 Å². The first-order valence-electron chi connectivity index (χ1n) is 2.43. The summed E-state index contributed by atoms with van der Waals surface area (Å²) in [7, 11) is 0. The van der Waals surface area contributed by atoms with Crippen LogP contribution in [0.5, 0.6) is 0 Å². The third-order valence-corrected chi connectivity index (χ3v) is 0.891. The van der Waals surface area contributed by atoms with E-state index in [9.17, 15) is 10.1 Å². The molecule has 1 heterocycles. The summed E-state index contributed by atoms with van der Waals surface area (Å²) in [6.45, 7) is 0. The van der Waals surface area contributed by atoms with E-state index in [1.807, 2.05) is 0 Å². The molecule has 0 spiro atoms. The lowest BCUT2D eigenvalue weighted by atomic mass is 10.4. The molecular formula is C5H5NO3. The molecule has 0 unspecified atom stereocenters. The molecule has 0 aromatic carbocycles. The van der Waals surface area contributed by atoms with Crippen LogP contribution in [0.2, 0.25) is 0 Å². The van der Waals surface area contributed by atoms with Gasteiger partial charge in [-0.25, -0.2) is 0 Å². The molecule has 4 nitrogen and oxygen atoms in total. The van der Waals surface area contributed by atoms with Crippen molar-refractivity contribution in [2.24, 2.45) is 0 Å². The highest BCUT2D eigenvalue weighted by Gasteiger charge is 2.15. The number of ether oxygens (including phenoxy) is 1. The van der Waals surface area contributed by atoms with Crippen LogP contribution in [0, 0.1) is 10.1 Å². The molecule has 1 atom stereocenters. The number of allylic oxidation sites excluding steroid dienone is 2. The Labute approximate surface area is 51.6 Å². The molecule has 4 heteroatoms. The van der Waals surface area contributed by atoms with Gasteiger partial charge in [0, 0.05) is 6.08 Å². The highest BCUT2D eigenvalue weighted by molar-refractivity contribution is 5.04. The van der Waals surface area contributed by atoms with Crippen molar-refractivity contribution < 1.29 is 9.66 Å². The van der Waals surface area contributed by atoms with Gasteiger partial charge in [-0.2, -0.15) is 0 Å². The first kappa shape index (κ1) is 5.81. The monoisotopic (exact) mass is 127 g/mol. The fraction of sp³-hybridized carbons (Fsp3) is 0.200. The van der Waals surface area contributed by atoms with Gasteiger partial charge in [0.1, 0.15) is 0 Å². The van der Waals surface area contributed by atoms with E-state index in [2.05, 4.69) is 4.74 Å². The molecule has 0 saturated carbocycles. The van der Waals surface area contributed by atoms with Crippen LogP contribution in [0.3, 0.4) is 0 Å². The molecule has 0 aliphatic carbocycles. The van der Waals surface area contributed by atoms with Crippen LogP contribution >= 0.6 is 0 Å². The minimum atomic E-state index is -0.991. The van der Waals surface area contributed by atoms with Gasteiger partial charge < -0.3 is 4.74 Å². The summed E-state index contributed by atoms with van der Waals surface area (Å²) >= 11 is 0. The van der Waals surface area contributed by atoms with Crippen LogP contribution in [0.15, 0.2) is 24.5 Å². The maximum atomic E-state index is 9.95. The molecule has 48 valence electrons. The Hall–Kier alpha value is -1.32. The van der Waals surface area contributed by atoms with Gasteiger partial charge in [-0.1, -0.05) is 6.08 Å². The first-order chi connectivity index (χ1) is 4.30. The molecule has 0 bridgehead atoms. The molecule has 9 heavy (non-hydrogen) atoms. The maximum absolute atomic E-state index is 9.95. The van der Waals surface area contributed by atoms with E-state index in [0.717, 1.165) is 0 Å². The Morgan fingerprint density at radius 2 is 2.33 bits per heavy atom. The number of rotatable bonds is 1. The molecular weight excluding hydrogens is 122 g/mol. The Kier molecular flexibility index (Phi) is 1.48. The maximum Gasteiger partial charge on any atom is 0.373 e. The van der Waals surface area contributed by atoms with E-state index in [1.54, 1.807) is 12.2 Å². The minimum absolute atomic E-state index is 0.500. The molecule has 0 saturated heterocycles. The average Bonchev–Trinajstić information content (AvgIpc) is 1.90. The van der Waals surface area contributed by atoms with Gasteiger partial charge in [0.15, 0.2) is 0 Å².